The molecular weight excluding hydrogens is 346 g/mol. The summed E-state index contributed by atoms with van der Waals surface area (Å²) in [5.41, 5.74) is 2.51. The number of nitrogens with one attached hydrogen (secondary N) is 1. The minimum Gasteiger partial charge on any atom is -0.739 e. The fourth-order valence-corrected chi connectivity index (χ4v) is 3.86. The van der Waals surface area contributed by atoms with Gasteiger partial charge in [-0.15, -0.1) is 0 Å². The number of nitrogens with zero attached hydrogens (tertiary/aromatic N) is 2. The highest BCUT2D eigenvalue weighted by atomic mass is 33.1. The van der Waals surface area contributed by atoms with Crippen molar-refractivity contribution in [2.45, 2.75) is 10.9 Å². The summed E-state index contributed by atoms with van der Waals surface area (Å²) in [7, 11) is 3.51. The van der Waals surface area contributed by atoms with Crippen LogP contribution in [-0.2, 0) is 9.15 Å². The molecule has 0 radical (unpaired) electrons. The van der Waals surface area contributed by atoms with Gasteiger partial charge in [-0.1, -0.05) is 12.2 Å². The van der Waals surface area contributed by atoms with Crippen LogP contribution in [-0.4, -0.2) is 57.5 Å². The van der Waals surface area contributed by atoms with Gasteiger partial charge in [-0.25, -0.2) is 13.0 Å². The van der Waals surface area contributed by atoms with Gasteiger partial charge in [0.15, 0.2) is 14.9 Å². The summed E-state index contributed by atoms with van der Waals surface area (Å²) in [6.45, 7) is 0. The van der Waals surface area contributed by atoms with E-state index in [0.717, 1.165) is 11.4 Å². The van der Waals surface area contributed by atoms with Gasteiger partial charge in [-0.05, 0) is 29.0 Å². The van der Waals surface area contributed by atoms with E-state index in [0.29, 0.717) is 21.4 Å². The zero-order valence-corrected chi connectivity index (χ0v) is 15.7. The molecule has 1 aliphatic carbocycles. The summed E-state index contributed by atoms with van der Waals surface area (Å²) >= 11 is 0. The lowest BCUT2D eigenvalue weighted by Gasteiger charge is -2.20. The van der Waals surface area contributed by atoms with Crippen molar-refractivity contribution in [3.63, 3.8) is 0 Å². The topological polar surface area (TPSA) is 75.5 Å². The van der Waals surface area contributed by atoms with Crippen molar-refractivity contribution in [1.82, 2.24) is 0 Å². The molecule has 0 aromatic heterocycles. The number of hydrogen-bond donors (Lipinski definition) is 1. The van der Waals surface area contributed by atoms with Gasteiger partial charge in [-0.2, -0.15) is 0 Å². The van der Waals surface area contributed by atoms with Gasteiger partial charge in [0.25, 0.3) is 0 Å². The third-order valence-electron chi connectivity index (χ3n) is 3.46. The second-order valence-electron chi connectivity index (χ2n) is 5.77. The Morgan fingerprint density at radius 3 is 2.33 bits per heavy atom. The quantitative estimate of drug-likeness (QED) is 0.487. The standard InChI is InChI=1S/C16H21N3O3S2/c1-18(2)13-7-5-12(6-8-13)17-15-10-9-14(19(3)4)11-16(15)23-24(20,21)22/h5-12,17H,1-4H3. The maximum Gasteiger partial charge on any atom is 0.198 e. The Morgan fingerprint density at radius 2 is 1.83 bits per heavy atom. The van der Waals surface area contributed by atoms with Crippen molar-refractivity contribution in [3.8, 4) is 0 Å². The molecule has 0 amide bonds. The van der Waals surface area contributed by atoms with Crippen LogP contribution in [0.3, 0.4) is 0 Å². The van der Waals surface area contributed by atoms with Crippen LogP contribution < -0.4 is 10.2 Å². The lowest BCUT2D eigenvalue weighted by atomic mass is 10.1. The Labute approximate surface area is 146 Å². The molecule has 130 valence electrons. The predicted molar refractivity (Wildman–Crippen MR) is 99.1 cm³/mol. The number of anilines is 2. The second-order valence-corrected chi connectivity index (χ2v) is 8.92. The molecule has 0 spiro atoms. The van der Waals surface area contributed by atoms with E-state index in [-0.39, 0.29) is 6.04 Å². The largest absolute Gasteiger partial charge is 0.739 e. The molecule has 2 rings (SSSR count). The van der Waals surface area contributed by atoms with Crippen LogP contribution >= 0.6 is 10.8 Å². The smallest absolute Gasteiger partial charge is 0.198 e. The highest BCUT2D eigenvalue weighted by Crippen LogP contribution is 2.34. The second kappa shape index (κ2) is 7.42. The molecule has 1 aromatic rings. The van der Waals surface area contributed by atoms with Crippen molar-refractivity contribution in [3.05, 3.63) is 42.5 Å². The molecule has 0 unspecified atom stereocenters. The van der Waals surface area contributed by atoms with E-state index in [1.54, 1.807) is 12.1 Å². The zero-order chi connectivity index (χ0) is 17.9. The average molecular weight is 367 g/mol. The fourth-order valence-electron chi connectivity index (χ4n) is 2.19. The molecule has 0 aliphatic heterocycles. The normalized spacial score (nSPS) is 17.0. The van der Waals surface area contributed by atoms with Gasteiger partial charge < -0.3 is 14.8 Å². The summed E-state index contributed by atoms with van der Waals surface area (Å²) in [6, 6.07) is 5.27. The van der Waals surface area contributed by atoms with E-state index < -0.39 is 9.15 Å². The summed E-state index contributed by atoms with van der Waals surface area (Å²) in [5, 5.41) is 3.25. The highest BCUT2D eigenvalue weighted by Gasteiger charge is 2.14. The maximum atomic E-state index is 11.2. The van der Waals surface area contributed by atoms with E-state index in [1.807, 2.05) is 68.0 Å². The first-order valence-corrected chi connectivity index (χ1v) is 10.0. The van der Waals surface area contributed by atoms with Gasteiger partial charge in [0.1, 0.15) is 14.1 Å². The molecule has 1 N–H and O–H groups in total. The summed E-state index contributed by atoms with van der Waals surface area (Å²) < 4.78 is 35.5. The van der Waals surface area contributed by atoms with Gasteiger partial charge >= 0.3 is 0 Å². The molecule has 8 heteroatoms. The molecule has 1 aromatic carbocycles. The summed E-state index contributed by atoms with van der Waals surface area (Å²) in [4.78, 5) is 2.24. The van der Waals surface area contributed by atoms with E-state index in [9.17, 15) is 13.0 Å². The van der Waals surface area contributed by atoms with Gasteiger partial charge in [0.05, 0.1) is 6.04 Å². The lowest BCUT2D eigenvalue weighted by molar-refractivity contribution is -0.462. The van der Waals surface area contributed by atoms with Crippen molar-refractivity contribution in [2.24, 2.45) is 0 Å². The van der Waals surface area contributed by atoms with Gasteiger partial charge in [0, 0.05) is 42.5 Å². The third-order valence-corrected chi connectivity index (χ3v) is 5.33. The van der Waals surface area contributed by atoms with Crippen LogP contribution in [0.25, 0.3) is 0 Å². The van der Waals surface area contributed by atoms with Crippen LogP contribution in [0.1, 0.15) is 0 Å². The van der Waals surface area contributed by atoms with Crippen LogP contribution in [0.5, 0.6) is 0 Å². The van der Waals surface area contributed by atoms with E-state index >= 15 is 0 Å². The number of rotatable bonds is 5. The fraction of sp³-hybridized carbons (Fsp3) is 0.312. The predicted octanol–water partition coefficient (Wildman–Crippen LogP) is 1.92. The Balaban J connectivity index is 2.28. The first kappa shape index (κ1) is 18.6. The first-order chi connectivity index (χ1) is 11.2. The average Bonchev–Trinajstić information content (AvgIpc) is 2.48. The molecule has 1 aliphatic rings. The third kappa shape index (κ3) is 5.12. The molecule has 0 heterocycles. The van der Waals surface area contributed by atoms with E-state index in [4.69, 9.17) is 0 Å². The Kier molecular flexibility index (Phi) is 5.74. The number of allylic oxidation sites excluding steroid dienone is 2. The highest BCUT2D eigenvalue weighted by molar-refractivity contribution is 8.69. The van der Waals surface area contributed by atoms with Crippen molar-refractivity contribution in [1.29, 1.82) is 0 Å². The number of hydrogen-bond acceptors (Lipinski definition) is 6. The first-order valence-electron chi connectivity index (χ1n) is 7.29. The molecule has 24 heavy (non-hydrogen) atoms. The maximum absolute atomic E-state index is 11.2. The SMILES string of the molecule is CN(C)c1ccc(NC2C=CC(=[N+](C)C)C=C2)c(SS(=O)(=O)[O-])c1. The summed E-state index contributed by atoms with van der Waals surface area (Å²) in [5.74, 6) is 0. The summed E-state index contributed by atoms with van der Waals surface area (Å²) in [6.07, 6.45) is 7.94. The Hall–Kier alpha value is -1.77. The van der Waals surface area contributed by atoms with Crippen LogP contribution in [0.15, 0.2) is 47.4 Å². The number of benzene rings is 1. The van der Waals surface area contributed by atoms with Crippen LogP contribution in [0, 0.1) is 0 Å². The van der Waals surface area contributed by atoms with Crippen molar-refractivity contribution >= 4 is 37.0 Å². The van der Waals surface area contributed by atoms with E-state index in [1.165, 1.54) is 0 Å². The molecule has 0 fully saturated rings. The lowest BCUT2D eigenvalue weighted by Crippen LogP contribution is -2.20. The Bertz CT molecular complexity index is 792. The molecule has 0 bridgehead atoms. The molecule has 0 atom stereocenters. The molecule has 0 saturated heterocycles. The van der Waals surface area contributed by atoms with Crippen molar-refractivity contribution < 1.29 is 17.5 Å². The van der Waals surface area contributed by atoms with Crippen molar-refractivity contribution in [2.75, 3.05) is 38.4 Å². The molecule has 6 nitrogen and oxygen atoms in total. The van der Waals surface area contributed by atoms with Gasteiger partial charge in [-0.3, -0.25) is 0 Å². The zero-order valence-electron chi connectivity index (χ0n) is 14.1. The molecular formula is C16H21N3O3S2. The van der Waals surface area contributed by atoms with Crippen LogP contribution in [0.2, 0.25) is 0 Å². The van der Waals surface area contributed by atoms with Crippen LogP contribution in [0.4, 0.5) is 11.4 Å². The minimum absolute atomic E-state index is 0.0763. The minimum atomic E-state index is -4.44. The molecule has 0 saturated carbocycles. The Morgan fingerprint density at radius 1 is 1.21 bits per heavy atom. The van der Waals surface area contributed by atoms with Gasteiger partial charge in [0.2, 0.25) is 0 Å². The van der Waals surface area contributed by atoms with E-state index in [2.05, 4.69) is 5.32 Å². The monoisotopic (exact) mass is 367 g/mol.